The number of carbonyl (C=O) groups excluding carboxylic acids is 1. The summed E-state index contributed by atoms with van der Waals surface area (Å²) < 4.78 is 2.10. The van der Waals surface area contributed by atoms with Crippen LogP contribution in [0.1, 0.15) is 21.7 Å². The van der Waals surface area contributed by atoms with Gasteiger partial charge in [-0.25, -0.2) is 9.78 Å². The van der Waals surface area contributed by atoms with Crippen molar-refractivity contribution in [2.24, 2.45) is 14.1 Å². The second-order valence-corrected chi connectivity index (χ2v) is 5.72. The van der Waals surface area contributed by atoms with Crippen molar-refractivity contribution in [1.82, 2.24) is 24.0 Å². The lowest BCUT2D eigenvalue weighted by Gasteiger charge is -2.21. The van der Waals surface area contributed by atoms with E-state index >= 15 is 0 Å². The second-order valence-electron chi connectivity index (χ2n) is 5.72. The summed E-state index contributed by atoms with van der Waals surface area (Å²) in [6, 6.07) is 1.16. The molecule has 1 amide bonds. The Labute approximate surface area is 136 Å². The van der Waals surface area contributed by atoms with Gasteiger partial charge in [-0.2, -0.15) is 0 Å². The standard InChI is InChI=1S/C15H17N5O4/c1-18-11(7-12(21)19(2)15(18)24)14(23)20-5-3-9-10(4-6-20)16-8-17-13(9)22/h7-8H,3-6H2,1-2H3,(H,16,17,22). The fraction of sp³-hybridized carbons (Fsp3) is 0.400. The molecule has 0 fully saturated rings. The fourth-order valence-electron chi connectivity index (χ4n) is 2.84. The maximum Gasteiger partial charge on any atom is 0.331 e. The predicted octanol–water partition coefficient (Wildman–Crippen LogP) is -1.59. The predicted molar refractivity (Wildman–Crippen MR) is 85.1 cm³/mol. The van der Waals surface area contributed by atoms with E-state index in [0.717, 1.165) is 15.2 Å². The average molecular weight is 331 g/mol. The molecular weight excluding hydrogens is 314 g/mol. The first-order valence-corrected chi connectivity index (χ1v) is 7.52. The lowest BCUT2D eigenvalue weighted by molar-refractivity contribution is 0.0751. The molecule has 24 heavy (non-hydrogen) atoms. The van der Waals surface area contributed by atoms with Gasteiger partial charge < -0.3 is 9.88 Å². The maximum absolute atomic E-state index is 12.7. The lowest BCUT2D eigenvalue weighted by Crippen LogP contribution is -2.43. The van der Waals surface area contributed by atoms with Crippen LogP contribution in [0.2, 0.25) is 0 Å². The molecule has 9 heteroatoms. The number of hydrogen-bond acceptors (Lipinski definition) is 5. The SMILES string of the molecule is Cn1c(C(=O)N2CCc3nc[nH]c(=O)c3CC2)cc(=O)n(C)c1=O. The first-order chi connectivity index (χ1) is 11.4. The first-order valence-electron chi connectivity index (χ1n) is 7.52. The Morgan fingerprint density at radius 2 is 1.83 bits per heavy atom. The number of fused-ring (bicyclic) bond motifs is 1. The van der Waals surface area contributed by atoms with Gasteiger partial charge in [0.15, 0.2) is 0 Å². The summed E-state index contributed by atoms with van der Waals surface area (Å²) in [6.07, 6.45) is 2.18. The van der Waals surface area contributed by atoms with E-state index in [1.54, 1.807) is 0 Å². The summed E-state index contributed by atoms with van der Waals surface area (Å²) in [4.78, 5) is 56.6. The second kappa shape index (κ2) is 5.91. The van der Waals surface area contributed by atoms with Crippen molar-refractivity contribution >= 4 is 5.91 Å². The molecule has 0 unspecified atom stereocenters. The van der Waals surface area contributed by atoms with E-state index < -0.39 is 17.2 Å². The highest BCUT2D eigenvalue weighted by Crippen LogP contribution is 2.11. The Morgan fingerprint density at radius 1 is 1.12 bits per heavy atom. The highest BCUT2D eigenvalue weighted by Gasteiger charge is 2.24. The van der Waals surface area contributed by atoms with Gasteiger partial charge in [-0.3, -0.25) is 23.5 Å². The molecule has 9 nitrogen and oxygen atoms in total. The number of nitrogens with one attached hydrogen (secondary N) is 1. The van der Waals surface area contributed by atoms with Crippen molar-refractivity contribution in [3.05, 3.63) is 60.5 Å². The minimum absolute atomic E-state index is 0.0379. The molecule has 0 saturated heterocycles. The van der Waals surface area contributed by atoms with Crippen molar-refractivity contribution in [3.63, 3.8) is 0 Å². The van der Waals surface area contributed by atoms with Gasteiger partial charge in [0.2, 0.25) is 0 Å². The van der Waals surface area contributed by atoms with E-state index in [1.807, 2.05) is 0 Å². The third kappa shape index (κ3) is 2.57. The van der Waals surface area contributed by atoms with Gasteiger partial charge in [0.05, 0.1) is 12.0 Å². The van der Waals surface area contributed by atoms with Gasteiger partial charge >= 0.3 is 5.69 Å². The minimum Gasteiger partial charge on any atom is -0.337 e. The van der Waals surface area contributed by atoms with Crippen LogP contribution in [0.4, 0.5) is 0 Å². The Hall–Kier alpha value is -2.97. The van der Waals surface area contributed by atoms with E-state index in [1.165, 1.54) is 25.3 Å². The molecule has 1 aliphatic rings. The van der Waals surface area contributed by atoms with E-state index in [4.69, 9.17) is 0 Å². The zero-order valence-electron chi connectivity index (χ0n) is 13.4. The van der Waals surface area contributed by atoms with Gasteiger partial charge in [0.1, 0.15) is 5.69 Å². The Kier molecular flexibility index (Phi) is 3.92. The number of nitrogens with zero attached hydrogens (tertiary/aromatic N) is 4. The molecule has 0 atom stereocenters. The van der Waals surface area contributed by atoms with Crippen molar-refractivity contribution in [2.75, 3.05) is 13.1 Å². The fourth-order valence-corrected chi connectivity index (χ4v) is 2.84. The smallest absolute Gasteiger partial charge is 0.331 e. The molecule has 3 heterocycles. The molecule has 2 aromatic heterocycles. The Balaban J connectivity index is 1.93. The van der Waals surface area contributed by atoms with Gasteiger partial charge in [-0.1, -0.05) is 0 Å². The quantitative estimate of drug-likeness (QED) is 0.677. The van der Waals surface area contributed by atoms with Crippen LogP contribution in [0.15, 0.2) is 26.8 Å². The molecule has 0 spiro atoms. The molecule has 0 aromatic carbocycles. The number of amides is 1. The molecule has 0 saturated carbocycles. The largest absolute Gasteiger partial charge is 0.337 e. The summed E-state index contributed by atoms with van der Waals surface area (Å²) >= 11 is 0. The number of hydrogen-bond donors (Lipinski definition) is 1. The molecule has 2 aromatic rings. The van der Waals surface area contributed by atoms with Crippen LogP contribution < -0.4 is 16.8 Å². The Bertz CT molecular complexity index is 985. The van der Waals surface area contributed by atoms with Crippen molar-refractivity contribution < 1.29 is 4.79 Å². The highest BCUT2D eigenvalue weighted by atomic mass is 16.2. The van der Waals surface area contributed by atoms with Crippen molar-refractivity contribution in [2.45, 2.75) is 12.8 Å². The van der Waals surface area contributed by atoms with Crippen LogP contribution in [0.25, 0.3) is 0 Å². The van der Waals surface area contributed by atoms with Crippen LogP contribution in [-0.4, -0.2) is 43.0 Å². The van der Waals surface area contributed by atoms with Gasteiger partial charge in [-0.15, -0.1) is 0 Å². The maximum atomic E-state index is 12.7. The van der Waals surface area contributed by atoms with E-state index in [-0.39, 0.29) is 11.3 Å². The summed E-state index contributed by atoms with van der Waals surface area (Å²) in [5, 5.41) is 0. The van der Waals surface area contributed by atoms with E-state index in [2.05, 4.69) is 9.97 Å². The molecule has 126 valence electrons. The summed E-state index contributed by atoms with van der Waals surface area (Å²) in [7, 11) is 2.81. The summed E-state index contributed by atoms with van der Waals surface area (Å²) in [5.41, 5.74) is 0.00326. The van der Waals surface area contributed by atoms with Gasteiger partial charge in [0, 0.05) is 45.2 Å². The summed E-state index contributed by atoms with van der Waals surface area (Å²) in [5.74, 6) is -0.406. The number of aromatic nitrogens is 4. The monoisotopic (exact) mass is 331 g/mol. The van der Waals surface area contributed by atoms with Crippen LogP contribution in [0.3, 0.4) is 0 Å². The number of carbonyl (C=O) groups is 1. The zero-order valence-corrected chi connectivity index (χ0v) is 13.4. The van der Waals surface area contributed by atoms with Gasteiger partial charge in [-0.05, 0) is 6.42 Å². The van der Waals surface area contributed by atoms with Crippen LogP contribution >= 0.6 is 0 Å². The molecule has 0 radical (unpaired) electrons. The zero-order chi connectivity index (χ0) is 17.4. The molecule has 0 aliphatic carbocycles. The molecule has 1 N–H and O–H groups in total. The van der Waals surface area contributed by atoms with Crippen molar-refractivity contribution in [1.29, 1.82) is 0 Å². The molecule has 3 rings (SSSR count). The number of H-pyrrole nitrogens is 1. The van der Waals surface area contributed by atoms with E-state index in [0.29, 0.717) is 37.2 Å². The normalized spacial score (nSPS) is 14.2. The highest BCUT2D eigenvalue weighted by molar-refractivity contribution is 5.92. The van der Waals surface area contributed by atoms with Gasteiger partial charge in [0.25, 0.3) is 17.0 Å². The van der Waals surface area contributed by atoms with Crippen molar-refractivity contribution in [3.8, 4) is 0 Å². The molecule has 0 bridgehead atoms. The van der Waals surface area contributed by atoms with Crippen LogP contribution in [0.5, 0.6) is 0 Å². The number of rotatable bonds is 1. The first kappa shape index (κ1) is 15.9. The summed E-state index contributed by atoms with van der Waals surface area (Å²) in [6.45, 7) is 0.690. The third-order valence-corrected chi connectivity index (χ3v) is 4.32. The Morgan fingerprint density at radius 3 is 2.58 bits per heavy atom. The van der Waals surface area contributed by atoms with Crippen LogP contribution in [-0.2, 0) is 26.9 Å². The lowest BCUT2D eigenvalue weighted by atomic mass is 10.1. The molecular formula is C15H17N5O4. The average Bonchev–Trinajstić information content (AvgIpc) is 2.79. The van der Waals surface area contributed by atoms with E-state index in [9.17, 15) is 19.2 Å². The molecule has 1 aliphatic heterocycles. The third-order valence-electron chi connectivity index (χ3n) is 4.32. The number of aromatic amines is 1. The van der Waals surface area contributed by atoms with Crippen LogP contribution in [0, 0.1) is 0 Å². The minimum atomic E-state index is -0.554. The topological polar surface area (TPSA) is 110 Å².